The van der Waals surface area contributed by atoms with Crippen molar-refractivity contribution in [3.8, 4) is 0 Å². The first-order chi connectivity index (χ1) is 9.41. The molecule has 0 aliphatic carbocycles. The van der Waals surface area contributed by atoms with E-state index in [4.69, 9.17) is 0 Å². The van der Waals surface area contributed by atoms with Crippen molar-refractivity contribution in [2.75, 3.05) is 30.4 Å². The lowest BCUT2D eigenvalue weighted by Crippen LogP contribution is -2.60. The van der Waals surface area contributed by atoms with Crippen LogP contribution in [-0.4, -0.2) is 38.5 Å². The van der Waals surface area contributed by atoms with Gasteiger partial charge in [-0.15, -0.1) is 0 Å². The molecular formula is C15H21N3O2. The third-order valence-electron chi connectivity index (χ3n) is 3.47. The van der Waals surface area contributed by atoms with E-state index in [1.54, 1.807) is 4.90 Å². The number of amides is 2. The van der Waals surface area contributed by atoms with Gasteiger partial charge in [0.25, 0.3) is 0 Å². The molecule has 0 aromatic heterocycles. The van der Waals surface area contributed by atoms with Gasteiger partial charge in [0.15, 0.2) is 0 Å². The zero-order valence-corrected chi connectivity index (χ0v) is 12.4. The molecule has 1 saturated heterocycles. The van der Waals surface area contributed by atoms with Crippen molar-refractivity contribution in [1.29, 1.82) is 0 Å². The summed E-state index contributed by atoms with van der Waals surface area (Å²) in [6.45, 7) is 3.95. The average Bonchev–Trinajstić information content (AvgIpc) is 2.40. The molecule has 1 aliphatic heterocycles. The summed E-state index contributed by atoms with van der Waals surface area (Å²) in [5, 5.41) is 2.77. The van der Waals surface area contributed by atoms with Crippen LogP contribution in [0.3, 0.4) is 0 Å². The molecule has 1 fully saturated rings. The van der Waals surface area contributed by atoms with Crippen LogP contribution in [0.2, 0.25) is 0 Å². The number of para-hydroxylation sites is 2. The number of piperazine rings is 1. The minimum Gasteiger partial charge on any atom is -0.376 e. The van der Waals surface area contributed by atoms with Crippen molar-refractivity contribution >= 4 is 23.2 Å². The van der Waals surface area contributed by atoms with E-state index in [1.807, 2.05) is 57.1 Å². The zero-order valence-electron chi connectivity index (χ0n) is 12.4. The first kappa shape index (κ1) is 14.4. The Morgan fingerprint density at radius 3 is 2.50 bits per heavy atom. The number of nitrogens with zero attached hydrogens (tertiary/aromatic N) is 2. The van der Waals surface area contributed by atoms with E-state index in [2.05, 4.69) is 5.32 Å². The Morgan fingerprint density at radius 2 is 1.90 bits per heavy atom. The summed E-state index contributed by atoms with van der Waals surface area (Å²) >= 11 is 0. The van der Waals surface area contributed by atoms with E-state index in [9.17, 15) is 9.59 Å². The van der Waals surface area contributed by atoms with E-state index in [0.717, 1.165) is 11.4 Å². The van der Waals surface area contributed by atoms with E-state index in [0.29, 0.717) is 0 Å². The minimum atomic E-state index is -0.452. The Hall–Kier alpha value is -2.04. The van der Waals surface area contributed by atoms with Crippen LogP contribution in [-0.2, 0) is 9.59 Å². The number of carbonyl (C=O) groups is 2. The first-order valence-electron chi connectivity index (χ1n) is 6.79. The number of nitrogens with one attached hydrogen (secondary N) is 1. The van der Waals surface area contributed by atoms with Crippen molar-refractivity contribution in [2.24, 2.45) is 5.92 Å². The maximum absolute atomic E-state index is 12.6. The number of benzene rings is 1. The molecule has 1 unspecified atom stereocenters. The lowest BCUT2D eigenvalue weighted by atomic mass is 10.00. The molecule has 2 amide bonds. The molecule has 1 aromatic carbocycles. The summed E-state index contributed by atoms with van der Waals surface area (Å²) in [5.74, 6) is -0.0912. The normalized spacial score (nSPS) is 19.2. The topological polar surface area (TPSA) is 52.7 Å². The smallest absolute Gasteiger partial charge is 0.250 e. The molecule has 5 heteroatoms. The molecule has 0 spiro atoms. The number of anilines is 2. The second kappa shape index (κ2) is 5.53. The van der Waals surface area contributed by atoms with Crippen LogP contribution < -0.4 is 15.1 Å². The van der Waals surface area contributed by atoms with E-state index in [1.165, 1.54) is 0 Å². The second-order valence-corrected chi connectivity index (χ2v) is 5.60. The summed E-state index contributed by atoms with van der Waals surface area (Å²) in [4.78, 5) is 28.0. The monoisotopic (exact) mass is 275 g/mol. The van der Waals surface area contributed by atoms with Gasteiger partial charge in [-0.05, 0) is 18.1 Å². The van der Waals surface area contributed by atoms with Gasteiger partial charge in [-0.25, -0.2) is 0 Å². The van der Waals surface area contributed by atoms with Crippen LogP contribution in [0.25, 0.3) is 0 Å². The summed E-state index contributed by atoms with van der Waals surface area (Å²) in [7, 11) is 3.85. The highest BCUT2D eigenvalue weighted by molar-refractivity contribution is 6.08. The van der Waals surface area contributed by atoms with Crippen molar-refractivity contribution in [3.05, 3.63) is 24.3 Å². The van der Waals surface area contributed by atoms with Gasteiger partial charge in [-0.1, -0.05) is 26.0 Å². The van der Waals surface area contributed by atoms with Crippen molar-refractivity contribution in [2.45, 2.75) is 19.9 Å². The van der Waals surface area contributed by atoms with E-state index >= 15 is 0 Å². The fraction of sp³-hybridized carbons (Fsp3) is 0.467. The molecule has 0 bridgehead atoms. The molecule has 0 saturated carbocycles. The number of rotatable bonds is 3. The molecule has 1 aromatic rings. The highest BCUT2D eigenvalue weighted by Gasteiger charge is 2.36. The Labute approximate surface area is 119 Å². The van der Waals surface area contributed by atoms with Gasteiger partial charge in [0.05, 0.1) is 11.4 Å². The van der Waals surface area contributed by atoms with Gasteiger partial charge >= 0.3 is 0 Å². The van der Waals surface area contributed by atoms with Crippen molar-refractivity contribution < 1.29 is 9.59 Å². The predicted octanol–water partition coefficient (Wildman–Crippen LogP) is 1.24. The Bertz CT molecular complexity index is 526. The molecule has 5 nitrogen and oxygen atoms in total. The maximum atomic E-state index is 12.6. The average molecular weight is 275 g/mol. The van der Waals surface area contributed by atoms with Crippen molar-refractivity contribution in [1.82, 2.24) is 5.32 Å². The summed E-state index contributed by atoms with van der Waals surface area (Å²) < 4.78 is 0. The van der Waals surface area contributed by atoms with Crippen LogP contribution in [0.5, 0.6) is 0 Å². The van der Waals surface area contributed by atoms with E-state index in [-0.39, 0.29) is 24.3 Å². The fourth-order valence-electron chi connectivity index (χ4n) is 2.40. The Kier molecular flexibility index (Phi) is 3.97. The molecule has 0 radical (unpaired) electrons. The highest BCUT2D eigenvalue weighted by Crippen LogP contribution is 2.29. The minimum absolute atomic E-state index is 0.0473. The first-order valence-corrected chi connectivity index (χ1v) is 6.79. The summed E-state index contributed by atoms with van der Waals surface area (Å²) in [5.41, 5.74) is 1.71. The van der Waals surface area contributed by atoms with Gasteiger partial charge in [0.2, 0.25) is 11.8 Å². The van der Waals surface area contributed by atoms with Gasteiger partial charge < -0.3 is 10.2 Å². The molecule has 1 aliphatic rings. The molecular weight excluding hydrogens is 254 g/mol. The molecule has 2 rings (SSSR count). The molecule has 1 atom stereocenters. The predicted molar refractivity (Wildman–Crippen MR) is 79.9 cm³/mol. The van der Waals surface area contributed by atoms with Gasteiger partial charge in [0.1, 0.15) is 12.6 Å². The third kappa shape index (κ3) is 2.61. The van der Waals surface area contributed by atoms with E-state index < -0.39 is 6.04 Å². The van der Waals surface area contributed by atoms with Crippen LogP contribution in [0, 0.1) is 5.92 Å². The van der Waals surface area contributed by atoms with Gasteiger partial charge in [-0.2, -0.15) is 0 Å². The largest absolute Gasteiger partial charge is 0.376 e. The lowest BCUT2D eigenvalue weighted by molar-refractivity contribution is -0.132. The molecule has 1 N–H and O–H groups in total. The third-order valence-corrected chi connectivity index (χ3v) is 3.47. The molecule has 1 heterocycles. The number of carbonyl (C=O) groups excluding carboxylic acids is 2. The molecule has 108 valence electrons. The van der Waals surface area contributed by atoms with Crippen LogP contribution in [0.1, 0.15) is 13.8 Å². The number of hydrogen-bond acceptors (Lipinski definition) is 3. The van der Waals surface area contributed by atoms with Crippen LogP contribution in [0.15, 0.2) is 24.3 Å². The summed E-state index contributed by atoms with van der Waals surface area (Å²) in [6, 6.07) is 7.18. The SMILES string of the molecule is CC(C)C1NC(=O)CN(c2ccccc2N(C)C)C1=O. The zero-order chi connectivity index (χ0) is 14.9. The van der Waals surface area contributed by atoms with Crippen LogP contribution >= 0.6 is 0 Å². The fourth-order valence-corrected chi connectivity index (χ4v) is 2.40. The Balaban J connectivity index is 2.41. The summed E-state index contributed by atoms with van der Waals surface area (Å²) in [6.07, 6.45) is 0. The number of hydrogen-bond donors (Lipinski definition) is 1. The van der Waals surface area contributed by atoms with Crippen molar-refractivity contribution in [3.63, 3.8) is 0 Å². The second-order valence-electron chi connectivity index (χ2n) is 5.60. The standard InChI is InChI=1S/C15H21N3O2/c1-10(2)14-15(20)18(9-13(19)16-14)12-8-6-5-7-11(12)17(3)4/h5-8,10,14H,9H2,1-4H3,(H,16,19). The Morgan fingerprint density at radius 1 is 1.25 bits per heavy atom. The van der Waals surface area contributed by atoms with Crippen LogP contribution in [0.4, 0.5) is 11.4 Å². The highest BCUT2D eigenvalue weighted by atomic mass is 16.2. The lowest BCUT2D eigenvalue weighted by Gasteiger charge is -2.36. The molecule has 20 heavy (non-hydrogen) atoms. The maximum Gasteiger partial charge on any atom is 0.250 e. The van der Waals surface area contributed by atoms with Gasteiger partial charge in [-0.3, -0.25) is 14.5 Å². The quantitative estimate of drug-likeness (QED) is 0.903. The van der Waals surface area contributed by atoms with Gasteiger partial charge in [0, 0.05) is 14.1 Å².